The number of aromatic nitrogens is 2. The van der Waals surface area contributed by atoms with Crippen LogP contribution in [0.2, 0.25) is 5.02 Å². The molecule has 5 nitrogen and oxygen atoms in total. The Balaban J connectivity index is 2.06. The third-order valence-electron chi connectivity index (χ3n) is 4.28. The molecule has 0 aliphatic carbocycles. The van der Waals surface area contributed by atoms with Crippen molar-refractivity contribution in [1.29, 1.82) is 0 Å². The maximum Gasteiger partial charge on any atom is 0.170 e. The monoisotopic (exact) mass is 362 g/mol. The van der Waals surface area contributed by atoms with E-state index in [-0.39, 0.29) is 5.84 Å². The van der Waals surface area contributed by atoms with E-state index in [0.717, 1.165) is 33.3 Å². The molecule has 1 aromatic heterocycles. The summed E-state index contributed by atoms with van der Waals surface area (Å²) in [6, 6.07) is 19.3. The molecule has 0 saturated carbocycles. The van der Waals surface area contributed by atoms with Crippen molar-refractivity contribution in [2.45, 2.75) is 0 Å². The lowest BCUT2D eigenvalue weighted by molar-refractivity contribution is 0.318. The summed E-state index contributed by atoms with van der Waals surface area (Å²) in [6.45, 7) is 0. The predicted octanol–water partition coefficient (Wildman–Crippen LogP) is 4.64. The van der Waals surface area contributed by atoms with Gasteiger partial charge < -0.3 is 15.9 Å². The van der Waals surface area contributed by atoms with Crippen LogP contribution in [0.15, 0.2) is 72.1 Å². The lowest BCUT2D eigenvalue weighted by Gasteiger charge is -2.16. The van der Waals surface area contributed by atoms with E-state index in [0.29, 0.717) is 10.6 Å². The van der Waals surface area contributed by atoms with Crippen LogP contribution in [0.3, 0.4) is 0 Å². The molecule has 0 amide bonds. The van der Waals surface area contributed by atoms with Crippen molar-refractivity contribution in [3.8, 4) is 22.3 Å². The second-order valence-corrected chi connectivity index (χ2v) is 6.30. The van der Waals surface area contributed by atoms with Gasteiger partial charge in [0.05, 0.1) is 17.4 Å². The van der Waals surface area contributed by atoms with Crippen molar-refractivity contribution in [2.75, 3.05) is 0 Å². The molecule has 4 rings (SSSR count). The van der Waals surface area contributed by atoms with Crippen molar-refractivity contribution in [3.05, 3.63) is 77.6 Å². The van der Waals surface area contributed by atoms with Gasteiger partial charge in [0, 0.05) is 16.1 Å². The number of oxime groups is 1. The third-order valence-corrected chi connectivity index (χ3v) is 4.50. The third kappa shape index (κ3) is 2.78. The van der Waals surface area contributed by atoms with Crippen molar-refractivity contribution in [1.82, 2.24) is 9.97 Å². The van der Waals surface area contributed by atoms with Gasteiger partial charge in [0.1, 0.15) is 0 Å². The van der Waals surface area contributed by atoms with Crippen LogP contribution in [-0.2, 0) is 0 Å². The van der Waals surface area contributed by atoms with Crippen LogP contribution in [0.1, 0.15) is 5.56 Å². The molecule has 3 aromatic carbocycles. The normalized spacial score (nSPS) is 11.8. The number of nitrogens with zero attached hydrogens (tertiary/aromatic N) is 2. The van der Waals surface area contributed by atoms with Crippen LogP contribution in [0.25, 0.3) is 33.3 Å². The Morgan fingerprint density at radius 1 is 1.04 bits per heavy atom. The Kier molecular flexibility index (Phi) is 4.07. The summed E-state index contributed by atoms with van der Waals surface area (Å²) in [7, 11) is 0. The maximum atomic E-state index is 9.23. The number of amidine groups is 1. The number of fused-ring (bicyclic) bond motifs is 1. The number of nitrogens with one attached hydrogen (secondary N) is 1. The zero-order valence-corrected chi connectivity index (χ0v) is 14.4. The molecule has 0 radical (unpaired) electrons. The van der Waals surface area contributed by atoms with Crippen LogP contribution in [0.4, 0.5) is 0 Å². The number of benzene rings is 3. The Morgan fingerprint density at radius 2 is 1.85 bits per heavy atom. The highest BCUT2D eigenvalue weighted by Crippen LogP contribution is 2.38. The Labute approximate surface area is 154 Å². The molecular weight excluding hydrogens is 348 g/mol. The van der Waals surface area contributed by atoms with E-state index in [9.17, 15) is 5.21 Å². The number of H-pyrrole nitrogens is 1. The number of aromatic amines is 1. The summed E-state index contributed by atoms with van der Waals surface area (Å²) in [5.74, 6) is 0.00946. The summed E-state index contributed by atoms with van der Waals surface area (Å²) in [5, 5.41) is 12.9. The number of nitrogens with two attached hydrogens (primary N) is 1. The minimum atomic E-state index is 0.00946. The summed E-state index contributed by atoms with van der Waals surface area (Å²) in [5.41, 5.74) is 12.0. The van der Waals surface area contributed by atoms with E-state index >= 15 is 0 Å². The van der Waals surface area contributed by atoms with Gasteiger partial charge in [0.15, 0.2) is 5.84 Å². The van der Waals surface area contributed by atoms with E-state index in [4.69, 9.17) is 17.3 Å². The molecule has 0 bridgehead atoms. The minimum absolute atomic E-state index is 0.00946. The minimum Gasteiger partial charge on any atom is -0.409 e. The molecule has 128 valence electrons. The van der Waals surface area contributed by atoms with Gasteiger partial charge in [0.2, 0.25) is 0 Å². The maximum absolute atomic E-state index is 9.23. The number of halogens is 1. The predicted molar refractivity (Wildman–Crippen MR) is 104 cm³/mol. The first kappa shape index (κ1) is 16.2. The zero-order valence-electron chi connectivity index (χ0n) is 13.6. The fourth-order valence-electron chi connectivity index (χ4n) is 3.11. The molecule has 26 heavy (non-hydrogen) atoms. The van der Waals surface area contributed by atoms with Gasteiger partial charge in [-0.25, -0.2) is 4.98 Å². The zero-order chi connectivity index (χ0) is 18.1. The summed E-state index contributed by atoms with van der Waals surface area (Å²) in [4.78, 5) is 7.38. The van der Waals surface area contributed by atoms with E-state index in [1.54, 1.807) is 12.4 Å². The van der Waals surface area contributed by atoms with Gasteiger partial charge in [-0.05, 0) is 41.0 Å². The van der Waals surface area contributed by atoms with Crippen molar-refractivity contribution >= 4 is 28.5 Å². The molecule has 0 aliphatic heterocycles. The Bertz CT molecular complexity index is 1120. The van der Waals surface area contributed by atoms with Gasteiger partial charge >= 0.3 is 0 Å². The van der Waals surface area contributed by atoms with E-state index < -0.39 is 0 Å². The number of hydrogen-bond donors (Lipinski definition) is 3. The molecule has 0 saturated heterocycles. The summed E-state index contributed by atoms with van der Waals surface area (Å²) >= 11 is 6.35. The molecule has 4 aromatic rings. The molecule has 0 unspecified atom stereocenters. The molecule has 0 fully saturated rings. The highest BCUT2D eigenvalue weighted by molar-refractivity contribution is 6.31. The topological polar surface area (TPSA) is 87.3 Å². The van der Waals surface area contributed by atoms with E-state index in [1.165, 1.54) is 0 Å². The van der Waals surface area contributed by atoms with Gasteiger partial charge in [0.25, 0.3) is 0 Å². The molecular formula is C20H15ClN4O. The van der Waals surface area contributed by atoms with Gasteiger partial charge in [-0.2, -0.15) is 0 Å². The van der Waals surface area contributed by atoms with Crippen molar-refractivity contribution in [2.24, 2.45) is 10.9 Å². The first-order valence-electron chi connectivity index (χ1n) is 7.98. The summed E-state index contributed by atoms with van der Waals surface area (Å²) < 4.78 is 0. The van der Waals surface area contributed by atoms with E-state index in [2.05, 4.69) is 15.1 Å². The van der Waals surface area contributed by atoms with Crippen LogP contribution in [0.5, 0.6) is 0 Å². The molecule has 6 heteroatoms. The standard InChI is InChI=1S/C20H15ClN4O/c21-14-9-15(13-6-7-17-18(8-13)24-11-23-17)19(12-4-2-1-3-5-12)16(10-14)20(22)25-26/h1-11,26H,(H2,22,25)(H,23,24). The average Bonchev–Trinajstić information content (AvgIpc) is 3.15. The number of hydrogen-bond acceptors (Lipinski definition) is 3. The smallest absolute Gasteiger partial charge is 0.170 e. The van der Waals surface area contributed by atoms with Crippen LogP contribution in [-0.4, -0.2) is 21.0 Å². The molecule has 0 spiro atoms. The van der Waals surface area contributed by atoms with Crippen LogP contribution in [0, 0.1) is 0 Å². The SMILES string of the molecule is NC(=NO)c1cc(Cl)cc(-c2ccc3nc[nH]c3c2)c1-c1ccccc1. The first-order chi connectivity index (χ1) is 12.7. The largest absolute Gasteiger partial charge is 0.409 e. The Hall–Kier alpha value is -3.31. The van der Waals surface area contributed by atoms with Crippen LogP contribution >= 0.6 is 11.6 Å². The van der Waals surface area contributed by atoms with Crippen molar-refractivity contribution < 1.29 is 5.21 Å². The lowest BCUT2D eigenvalue weighted by atomic mass is 9.90. The van der Waals surface area contributed by atoms with Gasteiger partial charge in [-0.1, -0.05) is 53.2 Å². The number of imidazole rings is 1. The van der Waals surface area contributed by atoms with E-state index in [1.807, 2.05) is 54.6 Å². The average molecular weight is 363 g/mol. The second kappa shape index (κ2) is 6.54. The van der Waals surface area contributed by atoms with Crippen LogP contribution < -0.4 is 5.73 Å². The number of rotatable bonds is 3. The van der Waals surface area contributed by atoms with Gasteiger partial charge in [-0.3, -0.25) is 0 Å². The highest BCUT2D eigenvalue weighted by atomic mass is 35.5. The molecule has 1 heterocycles. The fraction of sp³-hybridized carbons (Fsp3) is 0. The molecule has 0 atom stereocenters. The lowest BCUT2D eigenvalue weighted by Crippen LogP contribution is -2.15. The quantitative estimate of drug-likeness (QED) is 0.214. The molecule has 0 aliphatic rings. The van der Waals surface area contributed by atoms with Crippen molar-refractivity contribution in [3.63, 3.8) is 0 Å². The fourth-order valence-corrected chi connectivity index (χ4v) is 3.33. The summed E-state index contributed by atoms with van der Waals surface area (Å²) in [6.07, 6.45) is 1.66. The second-order valence-electron chi connectivity index (χ2n) is 5.86. The molecule has 4 N–H and O–H groups in total. The highest BCUT2D eigenvalue weighted by Gasteiger charge is 2.17. The first-order valence-corrected chi connectivity index (χ1v) is 8.35. The Morgan fingerprint density at radius 3 is 2.62 bits per heavy atom. The van der Waals surface area contributed by atoms with Gasteiger partial charge in [-0.15, -0.1) is 0 Å².